The molecule has 15 heteroatoms. The quantitative estimate of drug-likeness (QED) is 0.120. The first-order chi connectivity index (χ1) is 22.0. The molecule has 0 fully saturated rings. The van der Waals surface area contributed by atoms with Crippen LogP contribution in [0.1, 0.15) is 16.7 Å². The van der Waals surface area contributed by atoms with Crippen LogP contribution in [0.25, 0.3) is 0 Å². The number of benzene rings is 1. The lowest BCUT2D eigenvalue weighted by atomic mass is 10.0. The molecule has 0 aliphatic heterocycles. The molecule has 0 N–H and O–H groups in total. The van der Waals surface area contributed by atoms with Gasteiger partial charge in [-0.15, -0.1) is 0 Å². The molecule has 51 heavy (non-hydrogen) atoms. The summed E-state index contributed by atoms with van der Waals surface area (Å²) in [6, 6.07) is 7.55. The minimum Gasteiger partial charge on any atom is -0.410 e. The van der Waals surface area contributed by atoms with Gasteiger partial charge in [-0.3, -0.25) is 0 Å². The SMILES string of the molecule is C[Si](C)(C)/N=C(\c1cc(/C(=N\[Si](C)(C)C)N([Si](C)(C)C)[Si](C)(C)C)cc(/C(=N\[Si](C)(C)C)N([Si](C)(C)C)[Si](C)(C)C)c1)N([Si](C)(C)C)[Si](C)(C)C. The van der Waals surface area contributed by atoms with Crippen LogP contribution in [-0.2, 0) is 0 Å². The van der Waals surface area contributed by atoms with Gasteiger partial charge in [0, 0.05) is 16.7 Å². The fourth-order valence-corrected chi connectivity index (χ4v) is 39.9. The van der Waals surface area contributed by atoms with Gasteiger partial charge in [-0.1, -0.05) is 118 Å². The van der Waals surface area contributed by atoms with Crippen molar-refractivity contribution >= 4 is 91.6 Å². The predicted octanol–water partition coefficient (Wildman–Crippen LogP) is 12.3. The van der Waals surface area contributed by atoms with Gasteiger partial charge >= 0.3 is 0 Å². The molecular weight excluding hydrogens is 769 g/mol. The molecule has 0 bridgehead atoms. The summed E-state index contributed by atoms with van der Waals surface area (Å²) in [6.45, 7) is 66.9. The molecule has 0 aromatic heterocycles. The van der Waals surface area contributed by atoms with Crippen LogP contribution in [0.3, 0.4) is 0 Å². The molecule has 0 atom stereocenters. The second-order valence-corrected chi connectivity index (χ2v) is 67.4. The summed E-state index contributed by atoms with van der Waals surface area (Å²) in [6.07, 6.45) is 0. The number of hydrogen-bond acceptors (Lipinski definition) is 3. The minimum atomic E-state index is -1.90. The number of amidine groups is 3. The van der Waals surface area contributed by atoms with E-state index in [-0.39, 0.29) is 0 Å². The average Bonchev–Trinajstić information content (AvgIpc) is 2.74. The molecule has 6 nitrogen and oxygen atoms in total. The van der Waals surface area contributed by atoms with Crippen LogP contribution < -0.4 is 0 Å². The molecule has 1 aromatic rings. The van der Waals surface area contributed by atoms with Gasteiger partial charge in [-0.25, -0.2) is 0 Å². The van der Waals surface area contributed by atoms with Gasteiger partial charge in [0.2, 0.25) is 0 Å². The van der Waals surface area contributed by atoms with Crippen molar-refractivity contribution in [2.24, 2.45) is 14.0 Å². The van der Waals surface area contributed by atoms with Crippen molar-refractivity contribution in [2.45, 2.75) is 177 Å². The van der Waals surface area contributed by atoms with Crippen LogP contribution in [0.2, 0.25) is 177 Å². The molecule has 0 aliphatic rings. The Morgan fingerprint density at radius 3 is 0.529 bits per heavy atom. The third-order valence-electron chi connectivity index (χ3n) is 7.69. The Morgan fingerprint density at radius 2 is 0.431 bits per heavy atom. The summed E-state index contributed by atoms with van der Waals surface area (Å²) in [7, 11) is -16.8. The van der Waals surface area contributed by atoms with Gasteiger partial charge in [0.25, 0.3) is 0 Å². The van der Waals surface area contributed by atoms with Crippen LogP contribution in [-0.4, -0.2) is 104 Å². The zero-order valence-corrected chi connectivity index (χ0v) is 47.9. The maximum Gasteiger partial charge on any atom is 0.174 e. The monoisotopic (exact) mass is 852 g/mol. The topological polar surface area (TPSA) is 46.8 Å². The highest BCUT2D eigenvalue weighted by Crippen LogP contribution is 2.32. The Balaban J connectivity index is 5.01. The molecule has 1 aromatic carbocycles. The molecule has 1 rings (SSSR count). The van der Waals surface area contributed by atoms with Crippen molar-refractivity contribution in [1.82, 2.24) is 12.7 Å². The maximum atomic E-state index is 5.84. The van der Waals surface area contributed by atoms with Gasteiger partial charge in [-0.2, -0.15) is 0 Å². The Kier molecular flexibility index (Phi) is 14.9. The minimum absolute atomic E-state index is 1.23. The lowest BCUT2D eigenvalue weighted by Gasteiger charge is -2.49. The van der Waals surface area contributed by atoms with Crippen molar-refractivity contribution in [3.05, 3.63) is 34.9 Å². The first kappa shape index (κ1) is 48.6. The molecule has 0 saturated heterocycles. The zero-order valence-electron chi connectivity index (χ0n) is 38.9. The molecule has 0 spiro atoms. The third kappa shape index (κ3) is 15.0. The van der Waals surface area contributed by atoms with Crippen LogP contribution in [0.5, 0.6) is 0 Å². The fourth-order valence-electron chi connectivity index (χ4n) is 7.62. The summed E-state index contributed by atoms with van der Waals surface area (Å²) in [4.78, 5) is 0. The van der Waals surface area contributed by atoms with Crippen molar-refractivity contribution in [2.75, 3.05) is 0 Å². The van der Waals surface area contributed by atoms with E-state index < -0.39 is 74.1 Å². The van der Waals surface area contributed by atoms with Crippen molar-refractivity contribution in [3.8, 4) is 0 Å². The van der Waals surface area contributed by atoms with Gasteiger partial charge in [-0.05, 0) is 77.1 Å². The lowest BCUT2D eigenvalue weighted by Crippen LogP contribution is -2.63. The zero-order chi connectivity index (χ0) is 40.9. The Hall–Kier alpha value is -0.418. The largest absolute Gasteiger partial charge is 0.410 e. The molecule has 0 amide bonds. The Bertz CT molecular complexity index is 1230. The fraction of sp³-hybridized carbons (Fsp3) is 0.750. The van der Waals surface area contributed by atoms with E-state index in [4.69, 9.17) is 14.0 Å². The molecule has 0 aliphatic carbocycles. The van der Waals surface area contributed by atoms with Gasteiger partial charge in [0.15, 0.2) is 24.7 Å². The molecular formula is C36H84N6Si9. The first-order valence-corrected chi connectivity index (χ1v) is 50.4. The smallest absolute Gasteiger partial charge is 0.174 e. The highest BCUT2D eigenvalue weighted by molar-refractivity contribution is 6.95. The van der Waals surface area contributed by atoms with Crippen molar-refractivity contribution < 1.29 is 0 Å². The molecule has 0 unspecified atom stereocenters. The van der Waals surface area contributed by atoms with Crippen LogP contribution >= 0.6 is 0 Å². The Labute approximate surface area is 327 Å². The van der Waals surface area contributed by atoms with Crippen LogP contribution in [0, 0.1) is 0 Å². The molecule has 294 valence electrons. The summed E-state index contributed by atoms with van der Waals surface area (Å²) in [5, 5.41) is 0. The summed E-state index contributed by atoms with van der Waals surface area (Å²) in [5.41, 5.74) is 3.79. The first-order valence-electron chi connectivity index (χ1n) is 19.3. The van der Waals surface area contributed by atoms with E-state index in [2.05, 4.69) is 208 Å². The van der Waals surface area contributed by atoms with E-state index >= 15 is 0 Å². The number of hydrogen-bond donors (Lipinski definition) is 0. The van der Waals surface area contributed by atoms with Crippen molar-refractivity contribution in [3.63, 3.8) is 0 Å². The normalized spacial score (nSPS) is 15.7. The van der Waals surface area contributed by atoms with E-state index in [0.717, 1.165) is 0 Å². The van der Waals surface area contributed by atoms with Gasteiger partial charge in [0.1, 0.15) is 66.9 Å². The van der Waals surface area contributed by atoms with E-state index in [1.165, 1.54) is 34.2 Å². The van der Waals surface area contributed by atoms with E-state index in [1.54, 1.807) is 0 Å². The number of nitrogens with zero attached hydrogens (tertiary/aromatic N) is 6. The van der Waals surface area contributed by atoms with Crippen LogP contribution in [0.15, 0.2) is 32.2 Å². The summed E-state index contributed by atoms with van der Waals surface area (Å²) < 4.78 is 26.1. The Morgan fingerprint density at radius 1 is 0.294 bits per heavy atom. The van der Waals surface area contributed by atoms with Crippen molar-refractivity contribution in [1.29, 1.82) is 0 Å². The lowest BCUT2D eigenvalue weighted by molar-refractivity contribution is 0.893. The highest BCUT2D eigenvalue weighted by atomic mass is 28.4. The van der Waals surface area contributed by atoms with E-state index in [0.29, 0.717) is 0 Å². The van der Waals surface area contributed by atoms with Gasteiger partial charge in [0.05, 0.1) is 0 Å². The van der Waals surface area contributed by atoms with E-state index in [9.17, 15) is 0 Å². The third-order valence-corrected chi connectivity index (χ3v) is 31.7. The molecule has 0 saturated carbocycles. The number of rotatable bonds is 12. The predicted molar refractivity (Wildman–Crippen MR) is 262 cm³/mol. The molecule has 0 radical (unpaired) electrons. The average molecular weight is 854 g/mol. The maximum absolute atomic E-state index is 5.84. The standard InChI is InChI=1S/C36H84N6Si9/c1-43(2,3)37-34(40(46(10,11)12)47(13,14)15)31-28-32(35(38-44(4,5)6)41(48(16,17)18)49(19,20)21)30-33(29-31)36(39-45(7,8)9)42(50(22,23)24)51(25,26)27/h28-30H,1-27H3/b37-34+,38-35+,39-36+. The van der Waals surface area contributed by atoms with Crippen LogP contribution in [0.4, 0.5) is 0 Å². The second kappa shape index (κ2) is 15.6. The summed E-state index contributed by atoms with van der Waals surface area (Å²) >= 11 is 0. The summed E-state index contributed by atoms with van der Waals surface area (Å²) in [5.74, 6) is 3.70. The molecule has 0 heterocycles. The highest BCUT2D eigenvalue weighted by Gasteiger charge is 2.42. The van der Waals surface area contributed by atoms with Gasteiger partial charge < -0.3 is 26.7 Å². The van der Waals surface area contributed by atoms with E-state index in [1.807, 2.05) is 0 Å². The second-order valence-electron chi connectivity index (χ2n) is 23.6.